The van der Waals surface area contributed by atoms with E-state index >= 15 is 0 Å². The highest BCUT2D eigenvalue weighted by atomic mass is 16.2. The molecule has 2 heterocycles. The third-order valence-electron chi connectivity index (χ3n) is 5.76. The third-order valence-corrected chi connectivity index (χ3v) is 5.76. The highest BCUT2D eigenvalue weighted by Crippen LogP contribution is 2.37. The molecule has 5 heteroatoms. The fourth-order valence-corrected chi connectivity index (χ4v) is 4.35. The molecular weight excluding hydrogens is 338 g/mol. The summed E-state index contributed by atoms with van der Waals surface area (Å²) in [5.41, 5.74) is 2.36. The van der Waals surface area contributed by atoms with E-state index in [2.05, 4.69) is 17.1 Å². The van der Waals surface area contributed by atoms with Crippen LogP contribution in [0.15, 0.2) is 54.6 Å². The van der Waals surface area contributed by atoms with Crippen LogP contribution in [0.5, 0.6) is 0 Å². The predicted molar refractivity (Wildman–Crippen MR) is 106 cm³/mol. The molecule has 1 fully saturated rings. The Bertz CT molecular complexity index is 842. The highest BCUT2D eigenvalue weighted by Gasteiger charge is 2.45. The Kier molecular flexibility index (Phi) is 4.60. The molecule has 2 aromatic rings. The molecule has 0 atom stereocenters. The number of carbonyl (C=O) groups excluding carboxylic acids is 2. The van der Waals surface area contributed by atoms with Gasteiger partial charge in [0.15, 0.2) is 0 Å². The molecule has 1 spiro atoms. The van der Waals surface area contributed by atoms with Crippen molar-refractivity contribution >= 4 is 17.5 Å². The van der Waals surface area contributed by atoms with E-state index in [4.69, 9.17) is 0 Å². The first-order chi connectivity index (χ1) is 13.1. The summed E-state index contributed by atoms with van der Waals surface area (Å²) in [6.07, 6.45) is 1.91. The number of piperidine rings is 1. The summed E-state index contributed by atoms with van der Waals surface area (Å²) in [5, 5.41) is 3.25. The van der Waals surface area contributed by atoms with Crippen LogP contribution in [0.2, 0.25) is 0 Å². The molecule has 0 saturated carbocycles. The minimum Gasteiger partial charge on any atom is -0.348 e. The van der Waals surface area contributed by atoms with Gasteiger partial charge >= 0.3 is 0 Å². The zero-order chi connectivity index (χ0) is 18.9. The van der Waals surface area contributed by atoms with Crippen molar-refractivity contribution in [2.24, 2.45) is 0 Å². The molecule has 2 amide bonds. The largest absolute Gasteiger partial charge is 0.348 e. The normalized spacial score (nSPS) is 18.2. The number of likely N-dealkylation sites (tertiary alicyclic amines) is 1. The molecule has 2 aliphatic heterocycles. The lowest BCUT2D eigenvalue weighted by Gasteiger charge is -2.52. The van der Waals surface area contributed by atoms with Crippen LogP contribution in [0.4, 0.5) is 5.69 Å². The van der Waals surface area contributed by atoms with Gasteiger partial charge in [0.2, 0.25) is 5.91 Å². The van der Waals surface area contributed by atoms with Gasteiger partial charge in [-0.1, -0.05) is 42.5 Å². The molecule has 0 bridgehead atoms. The van der Waals surface area contributed by atoms with E-state index in [1.54, 1.807) is 0 Å². The van der Waals surface area contributed by atoms with E-state index in [-0.39, 0.29) is 11.8 Å². The fraction of sp³-hybridized carbons (Fsp3) is 0.364. The van der Waals surface area contributed by atoms with Crippen molar-refractivity contribution in [2.45, 2.75) is 31.8 Å². The molecule has 0 radical (unpaired) electrons. The first-order valence-corrected chi connectivity index (χ1v) is 9.64. The van der Waals surface area contributed by atoms with E-state index in [1.807, 2.05) is 59.5 Å². The van der Waals surface area contributed by atoms with Crippen LogP contribution in [0.1, 0.15) is 35.7 Å². The molecule has 0 aliphatic carbocycles. The Morgan fingerprint density at radius 2 is 1.70 bits per heavy atom. The maximum atomic E-state index is 12.7. The number of nitrogens with zero attached hydrogens (tertiary/aromatic N) is 2. The molecule has 27 heavy (non-hydrogen) atoms. The minimum atomic E-state index is -0.399. The predicted octanol–water partition coefficient (Wildman–Crippen LogP) is 2.82. The number of rotatable bonds is 3. The second kappa shape index (κ2) is 7.06. The zero-order valence-corrected chi connectivity index (χ0v) is 15.6. The number of amides is 2. The summed E-state index contributed by atoms with van der Waals surface area (Å²) in [5.74, 6) is 0.140. The van der Waals surface area contributed by atoms with Gasteiger partial charge in [-0.25, -0.2) is 0 Å². The first kappa shape index (κ1) is 17.6. The quantitative estimate of drug-likeness (QED) is 0.912. The minimum absolute atomic E-state index is 0.0145. The fourth-order valence-electron chi connectivity index (χ4n) is 4.35. The standard InChI is InChI=1S/C22H25N3O2/c1-2-25-19-11-7-6-10-18(19)21(27)23-22(25)12-14-24(15-13-22)20(26)16-17-8-4-3-5-9-17/h3-11H,2,12-16H2,1H3,(H,23,27). The second-order valence-corrected chi connectivity index (χ2v) is 7.29. The SMILES string of the molecule is CCN1c2ccccc2C(=O)NC12CCN(C(=O)Cc1ccccc1)CC2. The van der Waals surface area contributed by atoms with Gasteiger partial charge in [0, 0.05) is 32.5 Å². The van der Waals surface area contributed by atoms with Crippen LogP contribution in [0.25, 0.3) is 0 Å². The number of anilines is 1. The van der Waals surface area contributed by atoms with Crippen molar-refractivity contribution < 1.29 is 9.59 Å². The van der Waals surface area contributed by atoms with Crippen LogP contribution >= 0.6 is 0 Å². The Labute approximate surface area is 160 Å². The highest BCUT2D eigenvalue weighted by molar-refractivity contribution is 6.02. The van der Waals surface area contributed by atoms with E-state index in [0.717, 1.165) is 36.2 Å². The number of nitrogens with one attached hydrogen (secondary N) is 1. The average molecular weight is 363 g/mol. The van der Waals surface area contributed by atoms with Crippen molar-refractivity contribution in [3.8, 4) is 0 Å². The topological polar surface area (TPSA) is 52.7 Å². The Morgan fingerprint density at radius 1 is 1.04 bits per heavy atom. The summed E-state index contributed by atoms with van der Waals surface area (Å²) < 4.78 is 0. The molecule has 4 rings (SSSR count). The van der Waals surface area contributed by atoms with Gasteiger partial charge in [0.1, 0.15) is 5.66 Å². The van der Waals surface area contributed by atoms with E-state index < -0.39 is 5.66 Å². The van der Waals surface area contributed by atoms with Gasteiger partial charge in [0.05, 0.1) is 17.7 Å². The number of hydrogen-bond donors (Lipinski definition) is 1. The van der Waals surface area contributed by atoms with E-state index in [0.29, 0.717) is 19.5 Å². The Balaban J connectivity index is 1.49. The van der Waals surface area contributed by atoms with Gasteiger partial charge < -0.3 is 15.1 Å². The molecule has 1 N–H and O–H groups in total. The van der Waals surface area contributed by atoms with Crippen molar-refractivity contribution in [3.63, 3.8) is 0 Å². The van der Waals surface area contributed by atoms with Crippen molar-refractivity contribution in [2.75, 3.05) is 24.5 Å². The third kappa shape index (κ3) is 3.18. The number of hydrogen-bond acceptors (Lipinski definition) is 3. The van der Waals surface area contributed by atoms with Gasteiger partial charge in [0.25, 0.3) is 5.91 Å². The van der Waals surface area contributed by atoms with Crippen molar-refractivity contribution in [1.29, 1.82) is 0 Å². The van der Waals surface area contributed by atoms with Crippen LogP contribution in [0, 0.1) is 0 Å². The lowest BCUT2D eigenvalue weighted by atomic mass is 9.89. The molecule has 140 valence electrons. The van der Waals surface area contributed by atoms with Gasteiger partial charge in [-0.2, -0.15) is 0 Å². The number of fused-ring (bicyclic) bond motifs is 1. The van der Waals surface area contributed by atoms with E-state index in [9.17, 15) is 9.59 Å². The van der Waals surface area contributed by atoms with Crippen LogP contribution < -0.4 is 10.2 Å². The van der Waals surface area contributed by atoms with Crippen LogP contribution in [-0.4, -0.2) is 42.0 Å². The summed E-state index contributed by atoms with van der Waals surface area (Å²) in [6.45, 7) is 4.24. The average Bonchev–Trinajstić information content (AvgIpc) is 2.70. The van der Waals surface area contributed by atoms with Crippen molar-refractivity contribution in [3.05, 3.63) is 65.7 Å². The lowest BCUT2D eigenvalue weighted by Crippen LogP contribution is -2.68. The van der Waals surface area contributed by atoms with E-state index in [1.165, 1.54) is 0 Å². The summed E-state index contributed by atoms with van der Waals surface area (Å²) in [6, 6.07) is 17.6. The monoisotopic (exact) mass is 363 g/mol. The van der Waals surface area contributed by atoms with Crippen LogP contribution in [0.3, 0.4) is 0 Å². The van der Waals surface area contributed by atoms with Gasteiger partial charge in [-0.3, -0.25) is 9.59 Å². The molecule has 2 aliphatic rings. The van der Waals surface area contributed by atoms with Gasteiger partial charge in [-0.15, -0.1) is 0 Å². The smallest absolute Gasteiger partial charge is 0.255 e. The zero-order valence-electron chi connectivity index (χ0n) is 15.6. The maximum absolute atomic E-state index is 12.7. The Hall–Kier alpha value is -2.82. The second-order valence-electron chi connectivity index (χ2n) is 7.29. The lowest BCUT2D eigenvalue weighted by molar-refractivity contribution is -0.132. The number of benzene rings is 2. The molecule has 2 aromatic carbocycles. The maximum Gasteiger partial charge on any atom is 0.255 e. The van der Waals surface area contributed by atoms with Gasteiger partial charge in [-0.05, 0) is 24.6 Å². The summed E-state index contributed by atoms with van der Waals surface area (Å²) >= 11 is 0. The summed E-state index contributed by atoms with van der Waals surface area (Å²) in [4.78, 5) is 29.6. The summed E-state index contributed by atoms with van der Waals surface area (Å²) in [7, 11) is 0. The molecule has 0 aromatic heterocycles. The first-order valence-electron chi connectivity index (χ1n) is 9.64. The molecular formula is C22H25N3O2. The molecule has 5 nitrogen and oxygen atoms in total. The molecule has 0 unspecified atom stereocenters. The number of para-hydroxylation sites is 1. The Morgan fingerprint density at radius 3 is 2.41 bits per heavy atom. The number of carbonyl (C=O) groups is 2. The molecule has 1 saturated heterocycles. The van der Waals surface area contributed by atoms with Crippen LogP contribution in [-0.2, 0) is 11.2 Å². The van der Waals surface area contributed by atoms with Crippen molar-refractivity contribution in [1.82, 2.24) is 10.2 Å².